The number of aromatic nitrogens is 3. The minimum absolute atomic E-state index is 0.100. The molecule has 0 aliphatic heterocycles. The molecule has 2 aromatic heterocycles. The van der Waals surface area contributed by atoms with E-state index in [1.807, 2.05) is 13.1 Å². The van der Waals surface area contributed by atoms with Crippen molar-refractivity contribution in [3.05, 3.63) is 42.5 Å². The summed E-state index contributed by atoms with van der Waals surface area (Å²) in [6, 6.07) is 5.85. The molecular weight excluding hydrogens is 233 g/mol. The minimum atomic E-state index is -0.499. The van der Waals surface area contributed by atoms with Crippen LogP contribution in [0.4, 0.5) is 4.39 Å². The summed E-state index contributed by atoms with van der Waals surface area (Å²) in [6.07, 6.45) is 3.30. The molecule has 0 unspecified atom stereocenters. The number of benzene rings is 1. The normalized spacial score (nSPS) is 11.0. The molecule has 0 saturated heterocycles. The van der Waals surface area contributed by atoms with E-state index in [2.05, 4.69) is 9.97 Å². The van der Waals surface area contributed by atoms with Gasteiger partial charge in [-0.15, -0.1) is 0 Å². The summed E-state index contributed by atoms with van der Waals surface area (Å²) in [5.41, 5.74) is 1.95. The Morgan fingerprint density at radius 1 is 1.28 bits per heavy atom. The molecule has 2 heterocycles. The lowest BCUT2D eigenvalue weighted by molar-refractivity contribution is 0.469. The molecule has 0 amide bonds. The molecule has 5 heteroatoms. The second-order valence-corrected chi connectivity index (χ2v) is 4.02. The van der Waals surface area contributed by atoms with Crippen molar-refractivity contribution in [2.75, 3.05) is 0 Å². The lowest BCUT2D eigenvalue weighted by Gasteiger charge is -2.04. The maximum Gasteiger partial charge on any atom is 0.143 e. The third kappa shape index (κ3) is 1.52. The fourth-order valence-corrected chi connectivity index (χ4v) is 1.98. The van der Waals surface area contributed by atoms with Crippen molar-refractivity contribution in [3.8, 4) is 17.1 Å². The number of hydrogen-bond acceptors (Lipinski definition) is 3. The van der Waals surface area contributed by atoms with E-state index in [0.29, 0.717) is 16.9 Å². The zero-order valence-corrected chi connectivity index (χ0v) is 9.63. The van der Waals surface area contributed by atoms with Gasteiger partial charge in [0.25, 0.3) is 0 Å². The average Bonchev–Trinajstić information content (AvgIpc) is 2.68. The van der Waals surface area contributed by atoms with Crippen molar-refractivity contribution in [2.45, 2.75) is 0 Å². The zero-order valence-electron chi connectivity index (χ0n) is 9.63. The zero-order chi connectivity index (χ0) is 12.7. The largest absolute Gasteiger partial charge is 0.508 e. The second kappa shape index (κ2) is 3.80. The lowest BCUT2D eigenvalue weighted by Crippen LogP contribution is -1.94. The first kappa shape index (κ1) is 10.7. The van der Waals surface area contributed by atoms with Crippen LogP contribution in [-0.4, -0.2) is 19.6 Å². The molecule has 1 N–H and O–H groups in total. The summed E-state index contributed by atoms with van der Waals surface area (Å²) in [5.74, 6) is -0.0893. The van der Waals surface area contributed by atoms with Gasteiger partial charge in [-0.1, -0.05) is 0 Å². The van der Waals surface area contributed by atoms with E-state index >= 15 is 0 Å². The fraction of sp³-hybridized carbons (Fsp3) is 0.0769. The van der Waals surface area contributed by atoms with Gasteiger partial charge in [0.15, 0.2) is 0 Å². The number of hydrogen-bond donors (Lipinski definition) is 1. The van der Waals surface area contributed by atoms with Gasteiger partial charge >= 0.3 is 0 Å². The van der Waals surface area contributed by atoms with E-state index in [-0.39, 0.29) is 5.75 Å². The molecule has 0 bridgehead atoms. The highest BCUT2D eigenvalue weighted by Crippen LogP contribution is 2.27. The number of imidazole rings is 1. The third-order valence-corrected chi connectivity index (χ3v) is 2.88. The Morgan fingerprint density at radius 3 is 2.83 bits per heavy atom. The van der Waals surface area contributed by atoms with Gasteiger partial charge in [-0.3, -0.25) is 4.98 Å². The molecular formula is C13H10FN3O. The SMILES string of the molecule is Cn1c(-c2ccc(O)cc2F)nc2cnccc21. The van der Waals surface area contributed by atoms with E-state index in [0.717, 1.165) is 11.6 Å². The monoisotopic (exact) mass is 243 g/mol. The van der Waals surface area contributed by atoms with Gasteiger partial charge in [-0.25, -0.2) is 9.37 Å². The first-order chi connectivity index (χ1) is 8.66. The minimum Gasteiger partial charge on any atom is -0.508 e. The molecule has 4 nitrogen and oxygen atoms in total. The maximum atomic E-state index is 13.8. The Labute approximate surface area is 102 Å². The van der Waals surface area contributed by atoms with Gasteiger partial charge < -0.3 is 9.67 Å². The summed E-state index contributed by atoms with van der Waals surface area (Å²) in [4.78, 5) is 8.34. The number of halogens is 1. The van der Waals surface area contributed by atoms with Gasteiger partial charge in [0.1, 0.15) is 22.9 Å². The Kier molecular flexibility index (Phi) is 2.26. The standard InChI is InChI=1S/C13H10FN3O/c1-17-12-4-5-15-7-11(12)16-13(17)9-3-2-8(18)6-10(9)14/h2-7,18H,1H3. The van der Waals surface area contributed by atoms with Crippen LogP contribution < -0.4 is 0 Å². The van der Waals surface area contributed by atoms with Crippen LogP contribution in [0.25, 0.3) is 22.4 Å². The van der Waals surface area contributed by atoms with Gasteiger partial charge in [0.2, 0.25) is 0 Å². The number of aryl methyl sites for hydroxylation is 1. The lowest BCUT2D eigenvalue weighted by atomic mass is 10.2. The topological polar surface area (TPSA) is 50.9 Å². The van der Waals surface area contributed by atoms with E-state index in [9.17, 15) is 9.50 Å². The molecule has 18 heavy (non-hydrogen) atoms. The van der Waals surface area contributed by atoms with Crippen molar-refractivity contribution < 1.29 is 9.50 Å². The smallest absolute Gasteiger partial charge is 0.143 e. The van der Waals surface area contributed by atoms with Crippen molar-refractivity contribution >= 4 is 11.0 Å². The Bertz CT molecular complexity index is 736. The van der Waals surface area contributed by atoms with Gasteiger partial charge in [0.05, 0.1) is 17.3 Å². The number of aromatic hydroxyl groups is 1. The number of nitrogens with zero attached hydrogens (tertiary/aromatic N) is 3. The van der Waals surface area contributed by atoms with Crippen LogP contribution in [0, 0.1) is 5.82 Å². The summed E-state index contributed by atoms with van der Waals surface area (Å²) in [5, 5.41) is 9.22. The van der Waals surface area contributed by atoms with E-state index in [1.54, 1.807) is 17.0 Å². The first-order valence-electron chi connectivity index (χ1n) is 5.42. The molecule has 3 aromatic rings. The van der Waals surface area contributed by atoms with Gasteiger partial charge in [0, 0.05) is 19.3 Å². The molecule has 0 spiro atoms. The third-order valence-electron chi connectivity index (χ3n) is 2.88. The fourth-order valence-electron chi connectivity index (χ4n) is 1.98. The van der Waals surface area contributed by atoms with Gasteiger partial charge in [-0.05, 0) is 18.2 Å². The van der Waals surface area contributed by atoms with Crippen molar-refractivity contribution in [1.29, 1.82) is 0 Å². The quantitative estimate of drug-likeness (QED) is 0.714. The van der Waals surface area contributed by atoms with Gasteiger partial charge in [-0.2, -0.15) is 0 Å². The highest BCUT2D eigenvalue weighted by atomic mass is 19.1. The van der Waals surface area contributed by atoms with Crippen LogP contribution in [0.15, 0.2) is 36.7 Å². The van der Waals surface area contributed by atoms with Crippen LogP contribution in [0.1, 0.15) is 0 Å². The summed E-state index contributed by atoms with van der Waals surface area (Å²) < 4.78 is 15.6. The van der Waals surface area contributed by atoms with Crippen LogP contribution >= 0.6 is 0 Å². The van der Waals surface area contributed by atoms with E-state index < -0.39 is 5.82 Å². The molecule has 0 radical (unpaired) electrons. The van der Waals surface area contributed by atoms with Crippen LogP contribution in [0.3, 0.4) is 0 Å². The van der Waals surface area contributed by atoms with E-state index in [1.165, 1.54) is 12.1 Å². The van der Waals surface area contributed by atoms with E-state index in [4.69, 9.17) is 0 Å². The molecule has 0 saturated carbocycles. The van der Waals surface area contributed by atoms with Crippen LogP contribution in [-0.2, 0) is 7.05 Å². The summed E-state index contributed by atoms with van der Waals surface area (Å²) >= 11 is 0. The molecule has 1 aromatic carbocycles. The molecule has 0 atom stereocenters. The number of fused-ring (bicyclic) bond motifs is 1. The predicted molar refractivity (Wildman–Crippen MR) is 65.6 cm³/mol. The number of phenols is 1. The Morgan fingerprint density at radius 2 is 2.11 bits per heavy atom. The van der Waals surface area contributed by atoms with Crippen molar-refractivity contribution in [3.63, 3.8) is 0 Å². The summed E-state index contributed by atoms with van der Waals surface area (Å²) in [7, 11) is 1.82. The highest BCUT2D eigenvalue weighted by Gasteiger charge is 2.13. The second-order valence-electron chi connectivity index (χ2n) is 4.02. The number of pyridine rings is 1. The molecule has 90 valence electrons. The predicted octanol–water partition coefficient (Wildman–Crippen LogP) is 2.48. The number of phenolic OH excluding ortho intramolecular Hbond substituents is 1. The Balaban J connectivity index is 2.28. The Hall–Kier alpha value is -2.43. The number of rotatable bonds is 1. The molecule has 0 aliphatic carbocycles. The summed E-state index contributed by atoms with van der Waals surface area (Å²) in [6.45, 7) is 0. The molecule has 0 fully saturated rings. The average molecular weight is 243 g/mol. The molecule has 3 rings (SSSR count). The first-order valence-corrected chi connectivity index (χ1v) is 5.42. The van der Waals surface area contributed by atoms with Crippen molar-refractivity contribution in [1.82, 2.24) is 14.5 Å². The van der Waals surface area contributed by atoms with Crippen LogP contribution in [0.2, 0.25) is 0 Å². The van der Waals surface area contributed by atoms with Crippen LogP contribution in [0.5, 0.6) is 5.75 Å². The highest BCUT2D eigenvalue weighted by molar-refractivity contribution is 5.79. The molecule has 0 aliphatic rings. The maximum absolute atomic E-state index is 13.8. The van der Waals surface area contributed by atoms with Crippen molar-refractivity contribution in [2.24, 2.45) is 7.05 Å².